The van der Waals surface area contributed by atoms with Crippen molar-refractivity contribution in [1.29, 1.82) is 0 Å². The predicted octanol–water partition coefficient (Wildman–Crippen LogP) is 15.8. The molecule has 0 aliphatic heterocycles. The van der Waals surface area contributed by atoms with Crippen molar-refractivity contribution in [1.82, 2.24) is 0 Å². The molecule has 0 saturated heterocycles. The fraction of sp³-hybridized carbons (Fsp3) is 0.519. The number of hydrogen-bond donors (Lipinski definition) is 0. The van der Waals surface area contributed by atoms with Crippen LogP contribution in [0.3, 0.4) is 0 Å². The van der Waals surface area contributed by atoms with E-state index in [-0.39, 0.29) is 0 Å². The lowest BCUT2D eigenvalue weighted by atomic mass is 10.1. The molecule has 60 heavy (non-hydrogen) atoms. The summed E-state index contributed by atoms with van der Waals surface area (Å²) in [7, 11) is 13.0. The molecule has 4 rings (SSSR count). The van der Waals surface area contributed by atoms with Gasteiger partial charge in [-0.05, 0) is 33.6 Å². The van der Waals surface area contributed by atoms with Crippen LogP contribution in [-0.2, 0) is 28.4 Å². The van der Waals surface area contributed by atoms with Crippen molar-refractivity contribution in [2.45, 2.75) is 103 Å². The van der Waals surface area contributed by atoms with Crippen molar-refractivity contribution >= 4 is 0 Å². The fourth-order valence-corrected chi connectivity index (χ4v) is 2.48. The monoisotopic (exact) mass is 847 g/mol. The third-order valence-electron chi connectivity index (χ3n) is 4.96. The minimum Gasteiger partial charge on any atom is -0.388 e. The summed E-state index contributed by atoms with van der Waals surface area (Å²) in [6.45, 7) is 35.3. The van der Waals surface area contributed by atoms with Gasteiger partial charge in [0.15, 0.2) is 0 Å². The van der Waals surface area contributed by atoms with E-state index in [4.69, 9.17) is 9.47 Å². The van der Waals surface area contributed by atoms with Gasteiger partial charge in [0.1, 0.15) is 0 Å². The highest BCUT2D eigenvalue weighted by Crippen LogP contribution is 1.99. The average molecular weight is 847 g/mol. The summed E-state index contributed by atoms with van der Waals surface area (Å²) in [6.07, 6.45) is 2.96. The minimum atomic E-state index is 0.677. The van der Waals surface area contributed by atoms with Crippen molar-refractivity contribution in [3.05, 3.63) is 157 Å². The van der Waals surface area contributed by atoms with Gasteiger partial charge in [-0.25, -0.2) is 0 Å². The van der Waals surface area contributed by atoms with Crippen LogP contribution < -0.4 is 0 Å². The number of ether oxygens (including phenoxy) is 6. The summed E-state index contributed by atoms with van der Waals surface area (Å²) in [5.41, 5.74) is 2.64. The Morgan fingerprint density at radius 3 is 0.733 bits per heavy atom. The summed E-state index contributed by atoms with van der Waals surface area (Å²) in [6, 6.07) is 44.5. The molecule has 0 fully saturated rings. The van der Waals surface area contributed by atoms with E-state index in [1.165, 1.54) is 17.5 Å². The second kappa shape index (κ2) is 106. The molecule has 0 N–H and O–H groups in total. The topological polar surface area (TPSA) is 55.4 Å². The molecule has 4 aromatic rings. The van der Waals surface area contributed by atoms with Gasteiger partial charge in [-0.1, -0.05) is 226 Å². The lowest BCUT2D eigenvalue weighted by molar-refractivity contribution is 0.115. The number of rotatable bonds is 7. The van der Waals surface area contributed by atoms with Gasteiger partial charge >= 0.3 is 0 Å². The first-order valence-corrected chi connectivity index (χ1v) is 21.6. The van der Waals surface area contributed by atoms with Gasteiger partial charge in [-0.2, -0.15) is 0 Å². The predicted molar refractivity (Wildman–Crippen MR) is 275 cm³/mol. The average Bonchev–Trinajstić information content (AvgIpc) is 3.31. The standard InChI is InChI=1S/C7H16O.2C7H8.2C6H6.C5H10O.4C2H6O.4C2H6/c1-4-7(3)6-8-5-2;2*1-7-5-3-2-4-6-7;2*1-2-4-6-5-3-1;1-3-5-6-4-2;4*1-3-2;4*1-2/h7H,4-6H2,1-3H3;2*2-6H,1H3;2*1-6H;3H,1,4-5H2,2H3;4*1-2H3;4*1-2H3. The van der Waals surface area contributed by atoms with Crippen LogP contribution in [-0.4, -0.2) is 83.3 Å². The van der Waals surface area contributed by atoms with Gasteiger partial charge in [-0.3, -0.25) is 0 Å². The normalized spacial score (nSPS) is 7.90. The van der Waals surface area contributed by atoms with Gasteiger partial charge < -0.3 is 28.4 Å². The molecular formula is C54H102O6. The summed E-state index contributed by atoms with van der Waals surface area (Å²) in [5.74, 6) is 0.731. The Kier molecular flexibility index (Phi) is 141. The van der Waals surface area contributed by atoms with Crippen LogP contribution in [0.4, 0.5) is 0 Å². The second-order valence-electron chi connectivity index (χ2n) is 10.4. The van der Waals surface area contributed by atoms with Gasteiger partial charge in [0.2, 0.25) is 0 Å². The van der Waals surface area contributed by atoms with Crippen LogP contribution in [0.25, 0.3) is 0 Å². The number of methoxy groups -OCH3 is 4. The SMILES string of the molecule is C=CCOCC.CC.CC.CC.CC.CCOCC(C)CC.COC.COC.COC.COC.Cc1ccccc1.Cc1ccccc1.c1ccccc1.c1ccccc1. The molecule has 0 aromatic heterocycles. The molecule has 1 atom stereocenters. The molecule has 6 heteroatoms. The minimum absolute atomic E-state index is 0.677. The first kappa shape index (κ1) is 80.4. The van der Waals surface area contributed by atoms with E-state index in [0.29, 0.717) is 6.61 Å². The molecular weight excluding hydrogens is 745 g/mol. The summed E-state index contributed by atoms with van der Waals surface area (Å²) >= 11 is 0. The van der Waals surface area contributed by atoms with Crippen molar-refractivity contribution in [3.8, 4) is 0 Å². The van der Waals surface area contributed by atoms with Crippen LogP contribution in [0.15, 0.2) is 146 Å². The Labute approximate surface area is 377 Å². The molecule has 0 radical (unpaired) electrons. The molecule has 0 aliphatic carbocycles. The maximum absolute atomic E-state index is 5.19. The van der Waals surface area contributed by atoms with Crippen molar-refractivity contribution in [3.63, 3.8) is 0 Å². The Bertz CT molecular complexity index is 891. The second-order valence-corrected chi connectivity index (χ2v) is 10.4. The van der Waals surface area contributed by atoms with Crippen LogP contribution in [0.2, 0.25) is 0 Å². The third kappa shape index (κ3) is 139. The molecule has 0 bridgehead atoms. The Hall–Kier alpha value is -3.62. The van der Waals surface area contributed by atoms with Crippen molar-refractivity contribution in [2.75, 3.05) is 83.3 Å². The smallest absolute Gasteiger partial charge is 0.0644 e. The Morgan fingerprint density at radius 2 is 0.617 bits per heavy atom. The summed E-state index contributed by atoms with van der Waals surface area (Å²) in [4.78, 5) is 0. The highest BCUT2D eigenvalue weighted by Gasteiger charge is 1.94. The molecule has 0 aliphatic rings. The third-order valence-corrected chi connectivity index (χ3v) is 4.96. The first-order valence-electron chi connectivity index (χ1n) is 21.6. The van der Waals surface area contributed by atoms with Crippen LogP contribution in [0, 0.1) is 19.8 Å². The maximum Gasteiger partial charge on any atom is 0.0644 e. The molecule has 6 nitrogen and oxygen atoms in total. The number of hydrogen-bond acceptors (Lipinski definition) is 6. The molecule has 4 aromatic carbocycles. The highest BCUT2D eigenvalue weighted by atomic mass is 16.5. The first-order chi connectivity index (χ1) is 29.2. The molecule has 0 saturated carbocycles. The molecule has 1 unspecified atom stereocenters. The largest absolute Gasteiger partial charge is 0.388 e. The zero-order chi connectivity index (χ0) is 48.8. The van der Waals surface area contributed by atoms with E-state index in [2.05, 4.69) is 77.5 Å². The Morgan fingerprint density at radius 1 is 0.417 bits per heavy atom. The van der Waals surface area contributed by atoms with E-state index >= 15 is 0 Å². The maximum atomic E-state index is 5.19. The fourth-order valence-electron chi connectivity index (χ4n) is 2.48. The quantitative estimate of drug-likeness (QED) is 0.136. The summed E-state index contributed by atoms with van der Waals surface area (Å²) in [5, 5.41) is 0. The molecule has 0 heterocycles. The van der Waals surface area contributed by atoms with Gasteiger partial charge in [-0.15, -0.1) is 6.58 Å². The van der Waals surface area contributed by atoms with Gasteiger partial charge in [0, 0.05) is 76.7 Å². The van der Waals surface area contributed by atoms with E-state index in [0.717, 1.165) is 25.7 Å². The molecule has 354 valence electrons. The highest BCUT2D eigenvalue weighted by molar-refractivity contribution is 5.12. The van der Waals surface area contributed by atoms with E-state index in [1.54, 1.807) is 63.0 Å². The Balaban J connectivity index is -0.0000000577. The summed E-state index contributed by atoms with van der Waals surface area (Å²) < 4.78 is 27.1. The lowest BCUT2D eigenvalue weighted by Gasteiger charge is -2.05. The number of benzene rings is 4. The van der Waals surface area contributed by atoms with Crippen molar-refractivity contribution in [2.24, 2.45) is 5.92 Å². The van der Waals surface area contributed by atoms with Crippen molar-refractivity contribution < 1.29 is 28.4 Å². The lowest BCUT2D eigenvalue weighted by Crippen LogP contribution is -2.03. The van der Waals surface area contributed by atoms with Gasteiger partial charge in [0.05, 0.1) is 6.61 Å². The van der Waals surface area contributed by atoms with Crippen LogP contribution >= 0.6 is 0 Å². The molecule has 0 amide bonds. The zero-order valence-electron chi connectivity index (χ0n) is 43.5. The van der Waals surface area contributed by atoms with Crippen LogP contribution in [0.5, 0.6) is 0 Å². The van der Waals surface area contributed by atoms with E-state index < -0.39 is 0 Å². The van der Waals surface area contributed by atoms with E-state index in [9.17, 15) is 0 Å². The van der Waals surface area contributed by atoms with E-state index in [1.807, 2.05) is 178 Å². The number of aryl methyl sites for hydroxylation is 2. The zero-order valence-corrected chi connectivity index (χ0v) is 43.5. The van der Waals surface area contributed by atoms with Gasteiger partial charge in [0.25, 0.3) is 0 Å². The molecule has 0 spiro atoms. The van der Waals surface area contributed by atoms with Crippen LogP contribution in [0.1, 0.15) is 101 Å².